The molecule has 4 N–H and O–H groups in total. The number of hydrogen-bond donors (Lipinski definition) is 3. The van der Waals surface area contributed by atoms with Crippen LogP contribution in [0.3, 0.4) is 0 Å². The zero-order valence-electron chi connectivity index (χ0n) is 12.5. The molecule has 0 bridgehead atoms. The molecule has 1 aromatic carbocycles. The van der Waals surface area contributed by atoms with Gasteiger partial charge in [-0.25, -0.2) is 4.98 Å². The van der Waals surface area contributed by atoms with Crippen LogP contribution in [0.5, 0.6) is 0 Å². The molecular weight excluding hydrogens is 290 g/mol. The van der Waals surface area contributed by atoms with Gasteiger partial charge in [0.05, 0.1) is 24.4 Å². The Morgan fingerprint density at radius 2 is 2.04 bits per heavy atom. The molecule has 1 unspecified atom stereocenters. The van der Waals surface area contributed by atoms with E-state index < -0.39 is 0 Å². The van der Waals surface area contributed by atoms with Crippen molar-refractivity contribution < 1.29 is 4.74 Å². The standard InChI is InChI=1S/C17H17N5O/c18-16-6-15(21-17-11-7-23-8-12(11)17)10-2-1-9(5-14(10)20-16)13-3-4-19-22-13/h1-6,11-12,17H,7-8H2,(H,19,22)(H3,18,20,21)/t11-,12+,17?. The maximum Gasteiger partial charge on any atom is 0.126 e. The Labute approximate surface area is 133 Å². The van der Waals surface area contributed by atoms with E-state index in [4.69, 9.17) is 10.5 Å². The zero-order valence-corrected chi connectivity index (χ0v) is 12.5. The molecule has 0 spiro atoms. The first-order chi connectivity index (χ1) is 11.3. The molecule has 23 heavy (non-hydrogen) atoms. The minimum Gasteiger partial charge on any atom is -0.384 e. The maximum atomic E-state index is 6.01. The van der Waals surface area contributed by atoms with Gasteiger partial charge in [0, 0.05) is 46.8 Å². The number of H-pyrrole nitrogens is 1. The number of aromatic nitrogens is 3. The summed E-state index contributed by atoms with van der Waals surface area (Å²) in [5, 5.41) is 11.7. The molecule has 1 aliphatic heterocycles. The average molecular weight is 307 g/mol. The molecule has 0 radical (unpaired) electrons. The SMILES string of the molecule is Nc1cc(NC2[C@H]3COC[C@@H]23)c2ccc(-c3ccn[nH]3)cc2n1. The number of hydrogen-bond acceptors (Lipinski definition) is 5. The van der Waals surface area contributed by atoms with E-state index in [1.54, 1.807) is 6.20 Å². The maximum absolute atomic E-state index is 6.01. The first-order valence-corrected chi connectivity index (χ1v) is 7.84. The summed E-state index contributed by atoms with van der Waals surface area (Å²) in [4.78, 5) is 4.49. The number of pyridine rings is 1. The van der Waals surface area contributed by atoms with Gasteiger partial charge in [-0.3, -0.25) is 5.10 Å². The second-order valence-electron chi connectivity index (χ2n) is 6.33. The largest absolute Gasteiger partial charge is 0.384 e. The molecular formula is C17H17N5O. The summed E-state index contributed by atoms with van der Waals surface area (Å²) < 4.78 is 5.46. The molecule has 3 aromatic rings. The average Bonchev–Trinajstić information content (AvgIpc) is 3.01. The summed E-state index contributed by atoms with van der Waals surface area (Å²) in [5.74, 6) is 1.82. The molecule has 3 atom stereocenters. The van der Waals surface area contributed by atoms with Crippen molar-refractivity contribution in [3.05, 3.63) is 36.5 Å². The Balaban J connectivity index is 1.54. The van der Waals surface area contributed by atoms with Crippen molar-refractivity contribution in [2.75, 3.05) is 24.3 Å². The van der Waals surface area contributed by atoms with E-state index in [1.165, 1.54) is 0 Å². The van der Waals surface area contributed by atoms with Crippen LogP contribution in [0.25, 0.3) is 22.2 Å². The van der Waals surface area contributed by atoms with E-state index in [-0.39, 0.29) is 0 Å². The fourth-order valence-electron chi connectivity index (χ4n) is 3.59. The van der Waals surface area contributed by atoms with Crippen LogP contribution in [0.15, 0.2) is 36.5 Å². The first kappa shape index (κ1) is 12.9. The highest BCUT2D eigenvalue weighted by Gasteiger charge is 2.54. The van der Waals surface area contributed by atoms with Gasteiger partial charge < -0.3 is 15.8 Å². The molecule has 0 amide bonds. The number of ether oxygens (including phenoxy) is 1. The quantitative estimate of drug-likeness (QED) is 0.690. The summed E-state index contributed by atoms with van der Waals surface area (Å²) in [7, 11) is 0. The highest BCUT2D eigenvalue weighted by atomic mass is 16.5. The molecule has 116 valence electrons. The van der Waals surface area contributed by atoms with E-state index in [2.05, 4.69) is 32.6 Å². The highest BCUT2D eigenvalue weighted by Crippen LogP contribution is 2.46. The van der Waals surface area contributed by atoms with E-state index in [0.29, 0.717) is 23.7 Å². The number of nitrogen functional groups attached to an aromatic ring is 1. The summed E-state index contributed by atoms with van der Waals surface area (Å²) in [5.41, 5.74) is 9.98. The van der Waals surface area contributed by atoms with E-state index in [1.807, 2.05) is 18.2 Å². The van der Waals surface area contributed by atoms with Gasteiger partial charge in [-0.1, -0.05) is 12.1 Å². The van der Waals surface area contributed by atoms with Gasteiger partial charge in [0.15, 0.2) is 0 Å². The molecule has 1 saturated carbocycles. The van der Waals surface area contributed by atoms with Crippen molar-refractivity contribution in [3.8, 4) is 11.3 Å². The summed E-state index contributed by atoms with van der Waals surface area (Å²) in [6, 6.07) is 10.6. The van der Waals surface area contributed by atoms with Crippen LogP contribution >= 0.6 is 0 Å². The Morgan fingerprint density at radius 3 is 2.83 bits per heavy atom. The third-order valence-electron chi connectivity index (χ3n) is 4.92. The molecule has 1 aliphatic carbocycles. The number of benzene rings is 1. The van der Waals surface area contributed by atoms with Crippen molar-refractivity contribution in [3.63, 3.8) is 0 Å². The Hall–Kier alpha value is -2.60. The second kappa shape index (κ2) is 4.70. The van der Waals surface area contributed by atoms with Gasteiger partial charge in [0.2, 0.25) is 0 Å². The second-order valence-corrected chi connectivity index (χ2v) is 6.33. The lowest BCUT2D eigenvalue weighted by Gasteiger charge is -2.13. The number of fused-ring (bicyclic) bond motifs is 2. The molecule has 3 heterocycles. The number of anilines is 2. The minimum atomic E-state index is 0.501. The number of rotatable bonds is 3. The van der Waals surface area contributed by atoms with Gasteiger partial charge in [-0.2, -0.15) is 5.10 Å². The van der Waals surface area contributed by atoms with Crippen molar-refractivity contribution >= 4 is 22.4 Å². The fraction of sp³-hybridized carbons (Fsp3) is 0.294. The van der Waals surface area contributed by atoms with E-state index in [9.17, 15) is 0 Å². The van der Waals surface area contributed by atoms with Crippen LogP contribution in [0.2, 0.25) is 0 Å². The number of nitrogens with zero attached hydrogens (tertiary/aromatic N) is 2. The normalized spacial score (nSPS) is 25.5. The minimum absolute atomic E-state index is 0.501. The van der Waals surface area contributed by atoms with Crippen molar-refractivity contribution in [2.24, 2.45) is 11.8 Å². The molecule has 6 heteroatoms. The van der Waals surface area contributed by atoms with Crippen LogP contribution in [0.1, 0.15) is 0 Å². The Bertz CT molecular complexity index is 866. The molecule has 2 fully saturated rings. The van der Waals surface area contributed by atoms with Crippen LogP contribution in [-0.4, -0.2) is 34.4 Å². The van der Waals surface area contributed by atoms with E-state index >= 15 is 0 Å². The monoisotopic (exact) mass is 307 g/mol. The Kier molecular flexibility index (Phi) is 2.63. The van der Waals surface area contributed by atoms with Crippen LogP contribution in [-0.2, 0) is 4.74 Å². The van der Waals surface area contributed by atoms with Crippen LogP contribution < -0.4 is 11.1 Å². The summed E-state index contributed by atoms with van der Waals surface area (Å²) >= 11 is 0. The summed E-state index contributed by atoms with van der Waals surface area (Å²) in [6.07, 6.45) is 1.74. The van der Waals surface area contributed by atoms with Gasteiger partial charge in [-0.05, 0) is 12.1 Å². The molecule has 5 rings (SSSR count). The fourth-order valence-corrected chi connectivity index (χ4v) is 3.59. The third-order valence-corrected chi connectivity index (χ3v) is 4.92. The van der Waals surface area contributed by atoms with Gasteiger partial charge in [0.25, 0.3) is 0 Å². The predicted octanol–water partition coefficient (Wildman–Crippen LogP) is 2.26. The van der Waals surface area contributed by atoms with E-state index in [0.717, 1.165) is 41.1 Å². The van der Waals surface area contributed by atoms with Gasteiger partial charge in [-0.15, -0.1) is 0 Å². The van der Waals surface area contributed by atoms with Crippen molar-refractivity contribution in [2.45, 2.75) is 6.04 Å². The lowest BCUT2D eigenvalue weighted by atomic mass is 10.1. The van der Waals surface area contributed by atoms with Crippen molar-refractivity contribution in [1.82, 2.24) is 15.2 Å². The van der Waals surface area contributed by atoms with Gasteiger partial charge >= 0.3 is 0 Å². The van der Waals surface area contributed by atoms with Crippen LogP contribution in [0.4, 0.5) is 11.5 Å². The topological polar surface area (TPSA) is 88.9 Å². The number of nitrogens with one attached hydrogen (secondary N) is 2. The lowest BCUT2D eigenvalue weighted by molar-refractivity contribution is 0.162. The summed E-state index contributed by atoms with van der Waals surface area (Å²) in [6.45, 7) is 1.73. The van der Waals surface area contributed by atoms with Gasteiger partial charge in [0.1, 0.15) is 5.82 Å². The van der Waals surface area contributed by atoms with Crippen LogP contribution in [0, 0.1) is 11.8 Å². The molecule has 2 aromatic heterocycles. The molecule has 2 aliphatic rings. The number of aromatic amines is 1. The zero-order chi connectivity index (χ0) is 15.4. The van der Waals surface area contributed by atoms with Crippen molar-refractivity contribution in [1.29, 1.82) is 0 Å². The predicted molar refractivity (Wildman–Crippen MR) is 88.9 cm³/mol. The third kappa shape index (κ3) is 2.06. The Morgan fingerprint density at radius 1 is 1.17 bits per heavy atom. The highest BCUT2D eigenvalue weighted by molar-refractivity contribution is 5.95. The lowest BCUT2D eigenvalue weighted by Crippen LogP contribution is -2.13. The molecule has 6 nitrogen and oxygen atoms in total. The molecule has 1 saturated heterocycles. The number of nitrogens with two attached hydrogens (primary N) is 1. The first-order valence-electron chi connectivity index (χ1n) is 7.84. The smallest absolute Gasteiger partial charge is 0.126 e.